The summed E-state index contributed by atoms with van der Waals surface area (Å²) in [5.41, 5.74) is 7.20. The normalized spacial score (nSPS) is 11.6. The summed E-state index contributed by atoms with van der Waals surface area (Å²) in [6, 6.07) is 20.3. The fourth-order valence-electron chi connectivity index (χ4n) is 3.45. The predicted octanol–water partition coefficient (Wildman–Crippen LogP) is 4.91. The van der Waals surface area contributed by atoms with E-state index >= 15 is 0 Å². The van der Waals surface area contributed by atoms with E-state index in [1.807, 2.05) is 30.3 Å². The molecule has 1 aromatic heterocycles. The lowest BCUT2D eigenvalue weighted by atomic mass is 9.93. The molecular formula is C25H26ClNO3S2. The molecule has 0 aliphatic heterocycles. The SMILES string of the molecule is Cc1ccc(Sc2ccc3sc4ccc(CCC(N)(CO)CO)cc4c(=O)c3c2)cc1.Cl. The molecule has 0 bridgehead atoms. The average molecular weight is 488 g/mol. The molecule has 0 radical (unpaired) electrons. The Kier molecular flexibility index (Phi) is 7.98. The zero-order valence-corrected chi connectivity index (χ0v) is 20.2. The van der Waals surface area contributed by atoms with Crippen molar-refractivity contribution in [3.05, 3.63) is 82.0 Å². The first-order chi connectivity index (χ1) is 14.9. The van der Waals surface area contributed by atoms with Gasteiger partial charge in [0.25, 0.3) is 0 Å². The van der Waals surface area contributed by atoms with Crippen LogP contribution < -0.4 is 11.2 Å². The van der Waals surface area contributed by atoms with Gasteiger partial charge in [-0.05, 0) is 67.8 Å². The lowest BCUT2D eigenvalue weighted by Crippen LogP contribution is -2.47. The van der Waals surface area contributed by atoms with Crippen molar-refractivity contribution in [2.75, 3.05) is 13.2 Å². The number of fused-ring (bicyclic) bond motifs is 2. The molecule has 0 amide bonds. The highest BCUT2D eigenvalue weighted by Crippen LogP contribution is 2.32. The van der Waals surface area contributed by atoms with Crippen LogP contribution in [-0.2, 0) is 6.42 Å². The molecule has 0 fully saturated rings. The Hall–Kier alpha value is -1.93. The van der Waals surface area contributed by atoms with E-state index in [-0.39, 0.29) is 31.0 Å². The first-order valence-corrected chi connectivity index (χ1v) is 11.8. The Balaban J connectivity index is 0.00000289. The fourth-order valence-corrected chi connectivity index (χ4v) is 5.33. The quantitative estimate of drug-likeness (QED) is 0.322. The number of benzene rings is 3. The molecular weight excluding hydrogens is 462 g/mol. The molecule has 32 heavy (non-hydrogen) atoms. The molecule has 1 heterocycles. The summed E-state index contributed by atoms with van der Waals surface area (Å²) in [5, 5.41) is 20.2. The highest BCUT2D eigenvalue weighted by Gasteiger charge is 2.22. The van der Waals surface area contributed by atoms with Crippen molar-refractivity contribution >= 4 is 55.7 Å². The van der Waals surface area contributed by atoms with Crippen molar-refractivity contribution < 1.29 is 10.2 Å². The van der Waals surface area contributed by atoms with Gasteiger partial charge < -0.3 is 15.9 Å². The summed E-state index contributed by atoms with van der Waals surface area (Å²) in [7, 11) is 0. The molecule has 4 nitrogen and oxygen atoms in total. The second-order valence-electron chi connectivity index (χ2n) is 8.01. The molecule has 168 valence electrons. The van der Waals surface area contributed by atoms with E-state index in [0.717, 1.165) is 30.1 Å². The van der Waals surface area contributed by atoms with Gasteiger partial charge in [0.2, 0.25) is 0 Å². The van der Waals surface area contributed by atoms with E-state index in [9.17, 15) is 15.0 Å². The van der Waals surface area contributed by atoms with E-state index in [0.29, 0.717) is 18.2 Å². The van der Waals surface area contributed by atoms with E-state index < -0.39 is 5.54 Å². The minimum atomic E-state index is -1.01. The number of nitrogens with two attached hydrogens (primary N) is 1. The predicted molar refractivity (Wildman–Crippen MR) is 138 cm³/mol. The molecule has 0 unspecified atom stereocenters. The number of aryl methyl sites for hydroxylation is 2. The van der Waals surface area contributed by atoms with E-state index in [1.165, 1.54) is 5.56 Å². The third kappa shape index (κ3) is 5.34. The standard InChI is InChI=1S/C25H25NO3S2.ClH/c1-16-2-5-18(6-3-16)30-19-7-9-23-21(13-19)24(29)20-12-17(4-8-22(20)31-23)10-11-25(26,14-27)15-28;/h2-9,12-13,27-28H,10-11,14-15,26H2,1H3;1H. The first-order valence-electron chi connectivity index (χ1n) is 10.2. The molecule has 0 saturated heterocycles. The van der Waals surface area contributed by atoms with Gasteiger partial charge in [0, 0.05) is 30.0 Å². The number of hydrogen-bond acceptors (Lipinski definition) is 6. The van der Waals surface area contributed by atoms with Crippen molar-refractivity contribution in [3.8, 4) is 0 Å². The molecule has 0 atom stereocenters. The highest BCUT2D eigenvalue weighted by molar-refractivity contribution is 7.99. The zero-order chi connectivity index (χ0) is 22.0. The molecule has 0 aliphatic carbocycles. The molecule has 0 saturated carbocycles. The van der Waals surface area contributed by atoms with Crippen LogP contribution in [-0.4, -0.2) is 29.0 Å². The van der Waals surface area contributed by atoms with Gasteiger partial charge in [-0.3, -0.25) is 4.79 Å². The molecule has 0 aliphatic rings. The second kappa shape index (κ2) is 10.3. The van der Waals surface area contributed by atoms with Crippen LogP contribution in [0.5, 0.6) is 0 Å². The summed E-state index contributed by atoms with van der Waals surface area (Å²) in [4.78, 5) is 15.5. The van der Waals surface area contributed by atoms with Gasteiger partial charge in [0.05, 0.1) is 18.8 Å². The van der Waals surface area contributed by atoms with Crippen molar-refractivity contribution in [1.82, 2.24) is 0 Å². The third-order valence-electron chi connectivity index (χ3n) is 5.50. The molecule has 7 heteroatoms. The Bertz CT molecular complexity index is 1280. The van der Waals surface area contributed by atoms with Crippen LogP contribution in [0.15, 0.2) is 75.2 Å². The maximum absolute atomic E-state index is 13.3. The second-order valence-corrected chi connectivity index (χ2v) is 10.2. The van der Waals surface area contributed by atoms with Crippen LogP contribution in [0, 0.1) is 6.92 Å². The summed E-state index contributed by atoms with van der Waals surface area (Å²) < 4.78 is 1.92. The molecule has 3 aromatic carbocycles. The van der Waals surface area contributed by atoms with Gasteiger partial charge in [0.15, 0.2) is 5.43 Å². The zero-order valence-electron chi connectivity index (χ0n) is 17.7. The maximum Gasteiger partial charge on any atom is 0.195 e. The van der Waals surface area contributed by atoms with Crippen LogP contribution in [0.25, 0.3) is 20.2 Å². The smallest absolute Gasteiger partial charge is 0.195 e. The van der Waals surface area contributed by atoms with E-state index in [4.69, 9.17) is 5.73 Å². The highest BCUT2D eigenvalue weighted by atomic mass is 35.5. The average Bonchev–Trinajstić information content (AvgIpc) is 2.80. The maximum atomic E-state index is 13.3. The minimum absolute atomic E-state index is 0. The number of aliphatic hydroxyl groups excluding tert-OH is 2. The number of hydrogen-bond donors (Lipinski definition) is 3. The van der Waals surface area contributed by atoms with Crippen LogP contribution in [0.3, 0.4) is 0 Å². The summed E-state index contributed by atoms with van der Waals surface area (Å²) in [6.45, 7) is 1.51. The van der Waals surface area contributed by atoms with E-state index in [1.54, 1.807) is 23.1 Å². The van der Waals surface area contributed by atoms with Crippen LogP contribution >= 0.6 is 35.5 Å². The lowest BCUT2D eigenvalue weighted by Gasteiger charge is -2.24. The molecule has 0 spiro atoms. The van der Waals surface area contributed by atoms with Gasteiger partial charge >= 0.3 is 0 Å². The molecule has 4 N–H and O–H groups in total. The Morgan fingerprint density at radius 3 is 2.16 bits per heavy atom. The number of rotatable bonds is 7. The summed E-state index contributed by atoms with van der Waals surface area (Å²) in [5.74, 6) is 0. The van der Waals surface area contributed by atoms with Gasteiger partial charge in [0.1, 0.15) is 0 Å². The van der Waals surface area contributed by atoms with E-state index in [2.05, 4.69) is 37.3 Å². The minimum Gasteiger partial charge on any atom is -0.394 e. The van der Waals surface area contributed by atoms with Crippen molar-refractivity contribution in [2.45, 2.75) is 35.1 Å². The van der Waals surface area contributed by atoms with Crippen molar-refractivity contribution in [1.29, 1.82) is 0 Å². The van der Waals surface area contributed by atoms with Gasteiger partial charge in [-0.1, -0.05) is 35.5 Å². The summed E-state index contributed by atoms with van der Waals surface area (Å²) in [6.07, 6.45) is 1.02. The largest absolute Gasteiger partial charge is 0.394 e. The summed E-state index contributed by atoms with van der Waals surface area (Å²) >= 11 is 3.26. The van der Waals surface area contributed by atoms with Gasteiger partial charge in [-0.15, -0.1) is 23.7 Å². The Labute approximate surface area is 201 Å². The monoisotopic (exact) mass is 487 g/mol. The number of aliphatic hydroxyl groups is 2. The van der Waals surface area contributed by atoms with Crippen LogP contribution in [0.2, 0.25) is 0 Å². The van der Waals surface area contributed by atoms with Crippen LogP contribution in [0.4, 0.5) is 0 Å². The topological polar surface area (TPSA) is 83.6 Å². The Morgan fingerprint density at radius 1 is 0.906 bits per heavy atom. The third-order valence-corrected chi connectivity index (χ3v) is 7.65. The van der Waals surface area contributed by atoms with Crippen LogP contribution in [0.1, 0.15) is 17.5 Å². The van der Waals surface area contributed by atoms with Crippen molar-refractivity contribution in [3.63, 3.8) is 0 Å². The Morgan fingerprint density at radius 2 is 1.50 bits per heavy atom. The van der Waals surface area contributed by atoms with Gasteiger partial charge in [-0.25, -0.2) is 0 Å². The van der Waals surface area contributed by atoms with Gasteiger partial charge in [-0.2, -0.15) is 0 Å². The molecule has 4 aromatic rings. The first kappa shape index (κ1) is 24.7. The number of halogens is 1. The van der Waals surface area contributed by atoms with Crippen molar-refractivity contribution in [2.24, 2.45) is 5.73 Å². The molecule has 4 rings (SSSR count). The fraction of sp³-hybridized carbons (Fsp3) is 0.240. The lowest BCUT2D eigenvalue weighted by molar-refractivity contribution is 0.115.